The van der Waals surface area contributed by atoms with Gasteiger partial charge in [0.2, 0.25) is 0 Å². The molecule has 2 bridgehead atoms. The Balaban J connectivity index is 2.24. The first-order chi connectivity index (χ1) is 3.38. The van der Waals surface area contributed by atoms with E-state index in [1.807, 2.05) is 12.4 Å². The average Bonchev–Trinajstić information content (AvgIpc) is 2.18. The molecule has 0 atom stereocenters. The fourth-order valence-corrected chi connectivity index (χ4v) is 2.24. The van der Waals surface area contributed by atoms with E-state index in [1.54, 1.807) is 0 Å². The van der Waals surface area contributed by atoms with Crippen molar-refractivity contribution in [3.8, 4) is 0 Å². The maximum atomic E-state index is 5.76. The normalized spacial score (nSPS) is 29.0. The monoisotopic (exact) mass is 162 g/mol. The van der Waals surface area contributed by atoms with E-state index in [4.69, 9.17) is 10.1 Å². The number of hydrogen-bond acceptors (Lipinski definition) is 2. The Labute approximate surface area is 50.8 Å². The molecule has 0 saturated carbocycles. The quantitative estimate of drug-likeness (QED) is 0.516. The van der Waals surface area contributed by atoms with Crippen molar-refractivity contribution in [2.45, 2.75) is 0 Å². The van der Waals surface area contributed by atoms with E-state index < -0.39 is 0 Å². The van der Waals surface area contributed by atoms with Crippen molar-refractivity contribution in [2.24, 2.45) is 0 Å². The van der Waals surface area contributed by atoms with Crippen LogP contribution in [0.5, 0.6) is 0 Å². The maximum absolute atomic E-state index is 5.76. The number of hydrogen-bond donors (Lipinski definition) is 0. The first-order valence-electron chi connectivity index (χ1n) is 1.91. The summed E-state index contributed by atoms with van der Waals surface area (Å²) in [6.45, 7) is 1.02. The molecule has 1 saturated heterocycles. The zero-order valence-electron chi connectivity index (χ0n) is 3.47. The van der Waals surface area contributed by atoms with Gasteiger partial charge in [-0.25, -0.2) is 0 Å². The van der Waals surface area contributed by atoms with Gasteiger partial charge in [-0.1, -0.05) is 0 Å². The van der Waals surface area contributed by atoms with Crippen LogP contribution >= 0.6 is 10.1 Å². The third kappa shape index (κ3) is 0.358. The molecule has 1 fully saturated rings. The predicted octanol–water partition coefficient (Wildman–Crippen LogP) is 0.648. The summed E-state index contributed by atoms with van der Waals surface area (Å²) >= 11 is -0.382. The molecule has 4 heteroatoms. The van der Waals surface area contributed by atoms with Crippen LogP contribution in [0.4, 0.5) is 0 Å². The molecule has 3 aliphatic heterocycles. The minimum atomic E-state index is -0.382. The number of halogens is 1. The minimum absolute atomic E-state index is 0.382. The molecule has 0 aromatic rings. The van der Waals surface area contributed by atoms with Crippen molar-refractivity contribution in [2.75, 3.05) is 6.67 Å². The summed E-state index contributed by atoms with van der Waals surface area (Å²) in [5, 5.41) is 0. The SMILES string of the molecule is [Cl][Co]1[N]2C=C[N]1C2. The summed E-state index contributed by atoms with van der Waals surface area (Å²) in [4.78, 5) is 0. The van der Waals surface area contributed by atoms with Crippen molar-refractivity contribution < 1.29 is 13.2 Å². The summed E-state index contributed by atoms with van der Waals surface area (Å²) in [6, 6.07) is 0. The van der Waals surface area contributed by atoms with Crippen molar-refractivity contribution in [3.63, 3.8) is 0 Å². The molecule has 3 aliphatic rings. The summed E-state index contributed by atoms with van der Waals surface area (Å²) in [5.41, 5.74) is 0. The molecule has 3 heterocycles. The fraction of sp³-hybridized carbons (Fsp3) is 0.333. The summed E-state index contributed by atoms with van der Waals surface area (Å²) in [6.07, 6.45) is 4.05. The Morgan fingerprint density at radius 3 is 2.14 bits per heavy atom. The summed E-state index contributed by atoms with van der Waals surface area (Å²) < 4.78 is 4.24. The second kappa shape index (κ2) is 1.10. The van der Waals surface area contributed by atoms with Crippen LogP contribution in [0.3, 0.4) is 0 Å². The van der Waals surface area contributed by atoms with E-state index in [1.165, 1.54) is 0 Å². The number of nitrogens with zero attached hydrogens (tertiary/aromatic N) is 2. The van der Waals surface area contributed by atoms with E-state index in [0.717, 1.165) is 6.67 Å². The molecule has 0 spiro atoms. The zero-order chi connectivity index (χ0) is 4.85. The van der Waals surface area contributed by atoms with Crippen LogP contribution in [0.2, 0.25) is 0 Å². The van der Waals surface area contributed by atoms with Gasteiger partial charge in [0.1, 0.15) is 0 Å². The Morgan fingerprint density at radius 1 is 1.43 bits per heavy atom. The van der Waals surface area contributed by atoms with Gasteiger partial charge in [-0.05, 0) is 0 Å². The Morgan fingerprint density at radius 2 is 2.00 bits per heavy atom. The molecule has 0 unspecified atom stereocenters. The first kappa shape index (κ1) is 4.06. The topological polar surface area (TPSA) is 6.48 Å². The van der Waals surface area contributed by atoms with Gasteiger partial charge in [0.25, 0.3) is 0 Å². The first-order valence-corrected chi connectivity index (χ1v) is 4.27. The van der Waals surface area contributed by atoms with Gasteiger partial charge >= 0.3 is 50.3 Å². The van der Waals surface area contributed by atoms with Gasteiger partial charge in [-0.15, -0.1) is 0 Å². The van der Waals surface area contributed by atoms with Gasteiger partial charge in [0.15, 0.2) is 0 Å². The number of rotatable bonds is 0. The van der Waals surface area contributed by atoms with E-state index in [-0.39, 0.29) is 13.2 Å². The second-order valence-electron chi connectivity index (χ2n) is 1.37. The molecule has 0 N–H and O–H groups in total. The van der Waals surface area contributed by atoms with Gasteiger partial charge in [-0.3, -0.25) is 0 Å². The molecule has 0 radical (unpaired) electrons. The van der Waals surface area contributed by atoms with Crippen LogP contribution < -0.4 is 0 Å². The Bertz CT molecular complexity index is 114. The van der Waals surface area contributed by atoms with Crippen LogP contribution in [0, 0.1) is 0 Å². The predicted molar refractivity (Wildman–Crippen MR) is 23.5 cm³/mol. The van der Waals surface area contributed by atoms with E-state index in [0.29, 0.717) is 0 Å². The van der Waals surface area contributed by atoms with E-state index >= 15 is 0 Å². The van der Waals surface area contributed by atoms with Crippen LogP contribution in [-0.2, 0) is 13.2 Å². The Kier molecular flexibility index (Phi) is 0.637. The molecule has 0 aromatic heterocycles. The molecular formula is C3H4ClCoN2. The van der Waals surface area contributed by atoms with Crippen LogP contribution in [-0.4, -0.2) is 14.6 Å². The summed E-state index contributed by atoms with van der Waals surface area (Å²) in [5.74, 6) is 0. The third-order valence-corrected chi connectivity index (χ3v) is 3.74. The average molecular weight is 162 g/mol. The molecule has 0 aromatic carbocycles. The van der Waals surface area contributed by atoms with Crippen molar-refractivity contribution in [3.05, 3.63) is 12.4 Å². The molecule has 0 amide bonds. The fourth-order valence-electron chi connectivity index (χ4n) is 0.576. The zero-order valence-corrected chi connectivity index (χ0v) is 5.26. The standard InChI is InChI=1S/C3H4N2.ClH.Co/c1-2-5-3-4-1;;/h1-2H,3H2;1H;/q-2;;+3/p-1. The second-order valence-corrected chi connectivity index (χ2v) is 4.05. The van der Waals surface area contributed by atoms with Gasteiger partial charge in [-0.2, -0.15) is 0 Å². The molecule has 2 nitrogen and oxygen atoms in total. The summed E-state index contributed by atoms with van der Waals surface area (Å²) in [7, 11) is 5.76. The van der Waals surface area contributed by atoms with Crippen molar-refractivity contribution in [1.82, 2.24) is 7.90 Å². The van der Waals surface area contributed by atoms with E-state index in [2.05, 4.69) is 7.90 Å². The van der Waals surface area contributed by atoms with Crippen LogP contribution in [0.25, 0.3) is 0 Å². The molecule has 3 rings (SSSR count). The van der Waals surface area contributed by atoms with Crippen LogP contribution in [0.1, 0.15) is 0 Å². The molecule has 42 valence electrons. The van der Waals surface area contributed by atoms with Gasteiger partial charge < -0.3 is 0 Å². The third-order valence-electron chi connectivity index (χ3n) is 0.950. The van der Waals surface area contributed by atoms with E-state index in [9.17, 15) is 0 Å². The van der Waals surface area contributed by atoms with Gasteiger partial charge in [0, 0.05) is 0 Å². The molecule has 0 aliphatic carbocycles. The molecule has 7 heavy (non-hydrogen) atoms. The van der Waals surface area contributed by atoms with Crippen LogP contribution in [0.15, 0.2) is 12.4 Å². The molecular weight excluding hydrogens is 158 g/mol. The van der Waals surface area contributed by atoms with Crippen molar-refractivity contribution >= 4 is 10.1 Å². The Hall–Kier alpha value is 0.136. The van der Waals surface area contributed by atoms with Crippen molar-refractivity contribution in [1.29, 1.82) is 0 Å². The van der Waals surface area contributed by atoms with Gasteiger partial charge in [0.05, 0.1) is 0 Å².